The van der Waals surface area contributed by atoms with Gasteiger partial charge >= 0.3 is 11.7 Å². The van der Waals surface area contributed by atoms with Crippen LogP contribution in [-0.4, -0.2) is 38.4 Å². The summed E-state index contributed by atoms with van der Waals surface area (Å²) in [5.41, 5.74) is 5.10. The number of hydrogen-bond acceptors (Lipinski definition) is 7. The number of rotatable bonds is 8. The molecule has 0 unspecified atom stereocenters. The molecular weight excluding hydrogens is 472 g/mol. The zero-order valence-corrected chi connectivity index (χ0v) is 20.7. The first-order valence-corrected chi connectivity index (χ1v) is 12.0. The van der Waals surface area contributed by atoms with Gasteiger partial charge in [0, 0.05) is 5.56 Å². The summed E-state index contributed by atoms with van der Waals surface area (Å²) in [6, 6.07) is 21.4. The Morgan fingerprint density at radius 2 is 1.86 bits per heavy atom. The first kappa shape index (κ1) is 24.1. The van der Waals surface area contributed by atoms with Gasteiger partial charge in [0.25, 0.3) is 6.01 Å². The number of aromatic nitrogens is 4. The molecule has 0 radical (unpaired) electrons. The molecule has 0 aliphatic heterocycles. The number of imidazole rings is 1. The summed E-state index contributed by atoms with van der Waals surface area (Å²) in [6.45, 7) is 6.26. The molecule has 9 nitrogen and oxygen atoms in total. The lowest BCUT2D eigenvalue weighted by atomic mass is 9.97. The number of nitrogens with zero attached hydrogens (tertiary/aromatic N) is 3. The molecule has 5 rings (SSSR count). The molecule has 2 heterocycles. The van der Waals surface area contributed by atoms with Gasteiger partial charge in [-0.25, -0.2) is 9.59 Å². The molecule has 9 heteroatoms. The van der Waals surface area contributed by atoms with E-state index in [4.69, 9.17) is 14.0 Å². The van der Waals surface area contributed by atoms with Crippen LogP contribution in [0.5, 0.6) is 6.01 Å². The lowest BCUT2D eigenvalue weighted by Gasteiger charge is -2.14. The van der Waals surface area contributed by atoms with E-state index in [0.717, 1.165) is 16.7 Å². The van der Waals surface area contributed by atoms with Crippen molar-refractivity contribution in [2.24, 2.45) is 0 Å². The van der Waals surface area contributed by atoms with E-state index in [1.54, 1.807) is 12.1 Å². The smallest absolute Gasteiger partial charge is 0.439 e. The predicted octanol–water partition coefficient (Wildman–Crippen LogP) is 5.06. The van der Waals surface area contributed by atoms with Crippen molar-refractivity contribution < 1.29 is 18.8 Å². The average molecular weight is 499 g/mol. The number of nitrogens with one attached hydrogen (secondary N) is 1. The Kier molecular flexibility index (Phi) is 6.59. The number of hydrogen-bond donors (Lipinski definition) is 1. The largest absolute Gasteiger partial charge is 0.465 e. The quantitative estimate of drug-likeness (QED) is 0.298. The fraction of sp³-hybridized carbons (Fsp3) is 0.214. The third-order valence-corrected chi connectivity index (χ3v) is 5.77. The Balaban J connectivity index is 1.64. The van der Waals surface area contributed by atoms with Crippen LogP contribution in [-0.2, 0) is 11.3 Å². The highest BCUT2D eigenvalue weighted by molar-refractivity contribution is 6.02. The summed E-state index contributed by atoms with van der Waals surface area (Å²) in [4.78, 5) is 31.9. The fourth-order valence-electron chi connectivity index (χ4n) is 4.28. The van der Waals surface area contributed by atoms with E-state index in [-0.39, 0.29) is 6.10 Å². The van der Waals surface area contributed by atoms with Gasteiger partial charge in [0.1, 0.15) is 0 Å². The number of ether oxygens (including phenoxy) is 2. The summed E-state index contributed by atoms with van der Waals surface area (Å²) in [7, 11) is 0. The van der Waals surface area contributed by atoms with Gasteiger partial charge in [-0.3, -0.25) is 14.1 Å². The van der Waals surface area contributed by atoms with Crippen LogP contribution < -0.4 is 10.5 Å². The Morgan fingerprint density at radius 1 is 1.05 bits per heavy atom. The van der Waals surface area contributed by atoms with E-state index >= 15 is 0 Å². The molecule has 0 fully saturated rings. The normalized spacial score (nSPS) is 11.2. The Morgan fingerprint density at radius 3 is 2.57 bits per heavy atom. The molecule has 0 spiro atoms. The Bertz CT molecular complexity index is 1610. The van der Waals surface area contributed by atoms with Crippen molar-refractivity contribution in [1.82, 2.24) is 19.7 Å². The standard InChI is InChI=1S/C28H26N4O5/c1-4-35-27-29-23-12-8-11-21(26(33)36-17(2)3)24(23)32(27)16-18-13-14-20(19-9-6-5-7-10-19)22(15-18)25-30-28(34)37-31-25/h5-15,17H,4,16H2,1-3H3,(H,30,31,34). The van der Waals surface area contributed by atoms with Crippen molar-refractivity contribution in [1.29, 1.82) is 0 Å². The maximum Gasteiger partial charge on any atom is 0.439 e. The minimum absolute atomic E-state index is 0.261. The molecule has 5 aromatic rings. The number of benzene rings is 3. The summed E-state index contributed by atoms with van der Waals surface area (Å²) in [5, 5.41) is 3.92. The van der Waals surface area contributed by atoms with Gasteiger partial charge in [0.05, 0.1) is 35.9 Å². The van der Waals surface area contributed by atoms with Crippen LogP contribution >= 0.6 is 0 Å². The van der Waals surface area contributed by atoms with E-state index in [1.165, 1.54) is 0 Å². The summed E-state index contributed by atoms with van der Waals surface area (Å²) in [6.07, 6.45) is -0.261. The third kappa shape index (κ3) is 4.88. The molecule has 0 aliphatic rings. The van der Waals surface area contributed by atoms with Gasteiger partial charge in [-0.05, 0) is 55.7 Å². The zero-order chi connectivity index (χ0) is 25.9. The molecule has 3 aromatic carbocycles. The van der Waals surface area contributed by atoms with Crippen molar-refractivity contribution in [3.63, 3.8) is 0 Å². The van der Waals surface area contributed by atoms with Crippen LogP contribution in [0.3, 0.4) is 0 Å². The first-order valence-electron chi connectivity index (χ1n) is 12.0. The number of esters is 1. The van der Waals surface area contributed by atoms with Gasteiger partial charge < -0.3 is 9.47 Å². The highest BCUT2D eigenvalue weighted by Crippen LogP contribution is 2.33. The molecule has 37 heavy (non-hydrogen) atoms. The highest BCUT2D eigenvalue weighted by Gasteiger charge is 2.22. The zero-order valence-electron chi connectivity index (χ0n) is 20.7. The van der Waals surface area contributed by atoms with Crippen molar-refractivity contribution in [3.8, 4) is 28.5 Å². The topological polar surface area (TPSA) is 112 Å². The van der Waals surface area contributed by atoms with Gasteiger partial charge in [-0.2, -0.15) is 4.98 Å². The van der Waals surface area contributed by atoms with Crippen LogP contribution in [0.4, 0.5) is 0 Å². The van der Waals surface area contributed by atoms with Crippen LogP contribution in [0.25, 0.3) is 33.5 Å². The monoisotopic (exact) mass is 498 g/mol. The van der Waals surface area contributed by atoms with E-state index in [9.17, 15) is 9.59 Å². The maximum absolute atomic E-state index is 12.9. The maximum atomic E-state index is 12.9. The number of aromatic amines is 1. The average Bonchev–Trinajstić information content (AvgIpc) is 3.47. The molecule has 0 saturated carbocycles. The van der Waals surface area contributed by atoms with Crippen molar-refractivity contribution >= 4 is 17.0 Å². The molecule has 188 valence electrons. The molecule has 0 aliphatic carbocycles. The highest BCUT2D eigenvalue weighted by atomic mass is 16.5. The van der Waals surface area contributed by atoms with Gasteiger partial charge in [-0.15, -0.1) is 0 Å². The van der Waals surface area contributed by atoms with E-state index in [2.05, 4.69) is 15.1 Å². The van der Waals surface area contributed by atoms with E-state index in [1.807, 2.05) is 79.9 Å². The lowest BCUT2D eigenvalue weighted by Crippen LogP contribution is -2.14. The lowest BCUT2D eigenvalue weighted by molar-refractivity contribution is 0.0380. The molecule has 2 aromatic heterocycles. The third-order valence-electron chi connectivity index (χ3n) is 5.77. The second-order valence-corrected chi connectivity index (χ2v) is 8.73. The van der Waals surface area contributed by atoms with Gasteiger partial charge in [0.2, 0.25) is 0 Å². The first-order chi connectivity index (χ1) is 17.9. The molecule has 0 atom stereocenters. The van der Waals surface area contributed by atoms with Crippen molar-refractivity contribution in [2.75, 3.05) is 6.61 Å². The van der Waals surface area contributed by atoms with Gasteiger partial charge in [-0.1, -0.05) is 53.7 Å². The van der Waals surface area contributed by atoms with Crippen LogP contribution in [0.2, 0.25) is 0 Å². The van der Waals surface area contributed by atoms with Crippen LogP contribution in [0, 0.1) is 0 Å². The summed E-state index contributed by atoms with van der Waals surface area (Å²) >= 11 is 0. The van der Waals surface area contributed by atoms with Crippen molar-refractivity contribution in [3.05, 3.63) is 88.4 Å². The number of carbonyl (C=O) groups excluding carboxylic acids is 1. The van der Waals surface area contributed by atoms with E-state index < -0.39 is 11.7 Å². The molecular formula is C28H26N4O5. The summed E-state index contributed by atoms with van der Waals surface area (Å²) < 4.78 is 18.0. The Labute approximate surface area is 212 Å². The number of fused-ring (bicyclic) bond motifs is 1. The number of para-hydroxylation sites is 1. The molecule has 0 saturated heterocycles. The molecule has 1 N–H and O–H groups in total. The SMILES string of the molecule is CCOc1nc2cccc(C(=O)OC(C)C)c2n1Cc1ccc(-c2ccccc2)c(-c2noc(=O)[nH]2)c1. The van der Waals surface area contributed by atoms with Crippen molar-refractivity contribution in [2.45, 2.75) is 33.4 Å². The van der Waals surface area contributed by atoms with Gasteiger partial charge in [0.15, 0.2) is 5.82 Å². The number of carbonyl (C=O) groups is 1. The minimum atomic E-state index is -0.632. The van der Waals surface area contributed by atoms with Crippen LogP contribution in [0.1, 0.15) is 36.7 Å². The second-order valence-electron chi connectivity index (χ2n) is 8.73. The number of H-pyrrole nitrogens is 1. The molecule has 0 bridgehead atoms. The minimum Gasteiger partial charge on any atom is -0.465 e. The predicted molar refractivity (Wildman–Crippen MR) is 139 cm³/mol. The van der Waals surface area contributed by atoms with E-state index in [0.29, 0.717) is 47.1 Å². The molecule has 0 amide bonds. The second kappa shape index (κ2) is 10.1. The Hall–Kier alpha value is -4.66. The fourth-order valence-corrected chi connectivity index (χ4v) is 4.28. The summed E-state index contributed by atoms with van der Waals surface area (Å²) in [5.74, 6) is -0.732. The van der Waals surface area contributed by atoms with Crippen LogP contribution in [0.15, 0.2) is 76.0 Å².